The molecule has 29 heavy (non-hydrogen) atoms. The minimum Gasteiger partial charge on any atom is -0.490 e. The first kappa shape index (κ1) is 20.6. The molecule has 5 heteroatoms. The van der Waals surface area contributed by atoms with Gasteiger partial charge in [-0.3, -0.25) is 4.79 Å². The van der Waals surface area contributed by atoms with Crippen LogP contribution in [0.15, 0.2) is 48.5 Å². The average molecular weight is 393 g/mol. The van der Waals surface area contributed by atoms with Crippen LogP contribution in [0.4, 0.5) is 5.69 Å². The molecule has 1 aliphatic carbocycles. The summed E-state index contributed by atoms with van der Waals surface area (Å²) < 4.78 is 6.20. The molecular formula is C24H27NO4. The first-order chi connectivity index (χ1) is 14.0. The van der Waals surface area contributed by atoms with Gasteiger partial charge in [0.25, 0.3) is 0 Å². The maximum absolute atomic E-state index is 12.2. The number of carbonyl (C=O) groups excluding carboxylic acids is 1. The van der Waals surface area contributed by atoms with Crippen LogP contribution in [0.2, 0.25) is 0 Å². The lowest BCUT2D eigenvalue weighted by Gasteiger charge is -2.18. The van der Waals surface area contributed by atoms with Gasteiger partial charge in [-0.25, -0.2) is 4.79 Å². The number of hydrogen-bond donors (Lipinski definition) is 2. The molecule has 2 aromatic carbocycles. The second-order valence-electron chi connectivity index (χ2n) is 7.43. The molecule has 1 aliphatic rings. The highest BCUT2D eigenvalue weighted by Gasteiger charge is 2.15. The molecule has 2 N–H and O–H groups in total. The second-order valence-corrected chi connectivity index (χ2v) is 7.43. The molecule has 0 saturated heterocycles. The minimum absolute atomic E-state index is 0.0603. The molecule has 3 rings (SSSR count). The van der Waals surface area contributed by atoms with Crippen LogP contribution in [-0.2, 0) is 4.79 Å². The van der Waals surface area contributed by atoms with Crippen molar-refractivity contribution in [3.8, 4) is 5.75 Å². The maximum atomic E-state index is 12.2. The zero-order valence-corrected chi connectivity index (χ0v) is 16.7. The van der Waals surface area contributed by atoms with Crippen molar-refractivity contribution in [2.45, 2.75) is 51.6 Å². The van der Waals surface area contributed by atoms with Crippen LogP contribution < -0.4 is 10.1 Å². The number of aromatic carboxylic acids is 1. The number of rotatable bonds is 6. The number of nitrogens with one attached hydrogen (secondary N) is 1. The summed E-state index contributed by atoms with van der Waals surface area (Å²) in [5.41, 5.74) is 2.26. The predicted molar refractivity (Wildman–Crippen MR) is 114 cm³/mol. The van der Waals surface area contributed by atoms with Crippen LogP contribution in [0.25, 0.3) is 6.08 Å². The molecule has 1 saturated carbocycles. The van der Waals surface area contributed by atoms with E-state index in [9.17, 15) is 14.7 Å². The highest BCUT2D eigenvalue weighted by Crippen LogP contribution is 2.26. The van der Waals surface area contributed by atoms with E-state index in [1.165, 1.54) is 37.8 Å². The van der Waals surface area contributed by atoms with Crippen molar-refractivity contribution in [3.63, 3.8) is 0 Å². The largest absolute Gasteiger partial charge is 0.490 e. The van der Waals surface area contributed by atoms with Gasteiger partial charge in [0.1, 0.15) is 5.75 Å². The number of benzene rings is 2. The van der Waals surface area contributed by atoms with E-state index in [0.717, 1.165) is 29.7 Å². The van der Waals surface area contributed by atoms with Gasteiger partial charge in [0.05, 0.1) is 17.4 Å². The first-order valence-corrected chi connectivity index (χ1v) is 10.1. The lowest BCUT2D eigenvalue weighted by atomic mass is 10.1. The smallest absolute Gasteiger partial charge is 0.337 e. The number of amides is 1. The summed E-state index contributed by atoms with van der Waals surface area (Å²) in [5.74, 6) is -0.561. The molecule has 0 unspecified atom stereocenters. The van der Waals surface area contributed by atoms with Crippen LogP contribution in [0.1, 0.15) is 60.0 Å². The Bertz CT molecular complexity index is 896. The normalized spacial score (nSPS) is 15.1. The fourth-order valence-corrected chi connectivity index (χ4v) is 3.57. The van der Waals surface area contributed by atoms with Crippen LogP contribution in [0, 0.1) is 6.92 Å². The molecule has 5 nitrogen and oxygen atoms in total. The number of ether oxygens (including phenoxy) is 1. The quantitative estimate of drug-likeness (QED) is 0.506. The number of para-hydroxylation sites is 1. The third kappa shape index (κ3) is 5.95. The highest BCUT2D eigenvalue weighted by molar-refractivity contribution is 6.06. The van der Waals surface area contributed by atoms with E-state index in [1.54, 1.807) is 24.3 Å². The first-order valence-electron chi connectivity index (χ1n) is 10.1. The Morgan fingerprint density at radius 2 is 1.79 bits per heavy atom. The summed E-state index contributed by atoms with van der Waals surface area (Å²) in [6.07, 6.45) is 10.7. The van der Waals surface area contributed by atoms with Crippen molar-refractivity contribution in [2.24, 2.45) is 0 Å². The average Bonchev–Trinajstić information content (AvgIpc) is 2.97. The summed E-state index contributed by atoms with van der Waals surface area (Å²) in [6.45, 7) is 2.01. The van der Waals surface area contributed by atoms with E-state index >= 15 is 0 Å². The SMILES string of the molecule is Cc1cc(/C=C/C(=O)Nc2ccccc2C(=O)O)ccc1OC1CCCCCC1. The molecule has 0 aromatic heterocycles. The lowest BCUT2D eigenvalue weighted by Crippen LogP contribution is -2.15. The van der Waals surface area contributed by atoms with Crippen molar-refractivity contribution in [1.82, 2.24) is 0 Å². The van der Waals surface area contributed by atoms with E-state index < -0.39 is 5.97 Å². The summed E-state index contributed by atoms with van der Waals surface area (Å²) in [4.78, 5) is 23.4. The predicted octanol–water partition coefficient (Wildman–Crippen LogP) is 5.45. The van der Waals surface area contributed by atoms with Crippen molar-refractivity contribution in [1.29, 1.82) is 0 Å². The molecular weight excluding hydrogens is 366 g/mol. The van der Waals surface area contributed by atoms with Gasteiger partial charge in [-0.15, -0.1) is 0 Å². The summed E-state index contributed by atoms with van der Waals surface area (Å²) in [7, 11) is 0. The van der Waals surface area contributed by atoms with Gasteiger partial charge in [0, 0.05) is 6.08 Å². The zero-order chi connectivity index (χ0) is 20.6. The Morgan fingerprint density at radius 3 is 2.48 bits per heavy atom. The molecule has 1 amide bonds. The molecule has 0 heterocycles. The van der Waals surface area contributed by atoms with E-state index in [4.69, 9.17) is 4.74 Å². The Kier molecular flexibility index (Phi) is 7.06. The van der Waals surface area contributed by atoms with Gasteiger partial charge in [-0.1, -0.05) is 31.0 Å². The van der Waals surface area contributed by atoms with Gasteiger partial charge < -0.3 is 15.2 Å². The van der Waals surface area contributed by atoms with E-state index in [1.807, 2.05) is 25.1 Å². The summed E-state index contributed by atoms with van der Waals surface area (Å²) >= 11 is 0. The van der Waals surface area contributed by atoms with Crippen LogP contribution in [0.3, 0.4) is 0 Å². The van der Waals surface area contributed by atoms with Crippen molar-refractivity contribution < 1.29 is 19.4 Å². The number of carbonyl (C=O) groups is 2. The monoisotopic (exact) mass is 393 g/mol. The molecule has 1 fully saturated rings. The highest BCUT2D eigenvalue weighted by atomic mass is 16.5. The number of aryl methyl sites for hydroxylation is 1. The Hall–Kier alpha value is -3.08. The van der Waals surface area contributed by atoms with Gasteiger partial charge in [-0.2, -0.15) is 0 Å². The molecule has 2 aromatic rings. The number of carboxylic acid groups (broad SMARTS) is 1. The Balaban J connectivity index is 1.62. The number of anilines is 1. The van der Waals surface area contributed by atoms with Crippen molar-refractivity contribution in [2.75, 3.05) is 5.32 Å². The van der Waals surface area contributed by atoms with Gasteiger partial charge in [0.15, 0.2) is 0 Å². The molecule has 0 bridgehead atoms. The van der Waals surface area contributed by atoms with Gasteiger partial charge >= 0.3 is 5.97 Å². The lowest BCUT2D eigenvalue weighted by molar-refractivity contribution is -0.111. The van der Waals surface area contributed by atoms with E-state index in [-0.39, 0.29) is 23.3 Å². The fraction of sp³-hybridized carbons (Fsp3) is 0.333. The summed E-state index contributed by atoms with van der Waals surface area (Å²) in [6, 6.07) is 12.2. The maximum Gasteiger partial charge on any atom is 0.337 e. The van der Waals surface area contributed by atoms with Gasteiger partial charge in [0.2, 0.25) is 5.91 Å². The third-order valence-electron chi connectivity index (χ3n) is 5.14. The molecule has 0 spiro atoms. The van der Waals surface area contributed by atoms with Crippen molar-refractivity contribution >= 4 is 23.6 Å². The standard InChI is InChI=1S/C24H27NO4/c1-17-16-18(12-14-22(17)29-19-8-4-2-3-5-9-19)13-15-23(26)25-21-11-7-6-10-20(21)24(27)28/h6-7,10-16,19H,2-5,8-9H2,1H3,(H,25,26)(H,27,28)/b15-13+. The topological polar surface area (TPSA) is 75.6 Å². The third-order valence-corrected chi connectivity index (χ3v) is 5.14. The fourth-order valence-electron chi connectivity index (χ4n) is 3.57. The molecule has 0 atom stereocenters. The van der Waals surface area contributed by atoms with Gasteiger partial charge in [-0.05, 0) is 74.1 Å². The minimum atomic E-state index is -1.08. The molecule has 0 radical (unpaired) electrons. The summed E-state index contributed by atoms with van der Waals surface area (Å²) in [5, 5.41) is 11.8. The molecule has 152 valence electrons. The number of carboxylic acids is 1. The van der Waals surface area contributed by atoms with Crippen LogP contribution >= 0.6 is 0 Å². The van der Waals surface area contributed by atoms with E-state index in [2.05, 4.69) is 5.32 Å². The van der Waals surface area contributed by atoms with Crippen molar-refractivity contribution in [3.05, 3.63) is 65.2 Å². The van der Waals surface area contributed by atoms with E-state index in [0.29, 0.717) is 0 Å². The zero-order valence-electron chi connectivity index (χ0n) is 16.7. The number of hydrogen-bond acceptors (Lipinski definition) is 3. The Labute approximate surface area is 171 Å². The second kappa shape index (κ2) is 9.92. The van der Waals surface area contributed by atoms with Crippen LogP contribution in [0.5, 0.6) is 5.75 Å². The Morgan fingerprint density at radius 1 is 1.07 bits per heavy atom. The molecule has 0 aliphatic heterocycles. The van der Waals surface area contributed by atoms with Crippen LogP contribution in [-0.4, -0.2) is 23.1 Å².